The Morgan fingerprint density at radius 1 is 0.811 bits per heavy atom. The highest BCUT2D eigenvalue weighted by Gasteiger charge is 2.17. The van der Waals surface area contributed by atoms with Crippen LogP contribution in [0.15, 0.2) is 93.9 Å². The molecule has 0 atom stereocenters. The third kappa shape index (κ3) is 5.29. The van der Waals surface area contributed by atoms with E-state index in [0.29, 0.717) is 28.2 Å². The second kappa shape index (κ2) is 10.8. The Hall–Kier alpha value is -3.55. The number of para-hydroxylation sites is 1. The van der Waals surface area contributed by atoms with Crippen molar-refractivity contribution < 1.29 is 19.4 Å². The quantitative estimate of drug-likeness (QED) is 0.148. The van der Waals surface area contributed by atoms with Gasteiger partial charge in [0.05, 0.1) is 16.6 Å². The average molecular weight is 619 g/mol. The molecule has 0 amide bonds. The average Bonchev–Trinajstić information content (AvgIpc) is 2.91. The maximum absolute atomic E-state index is 12.3. The van der Waals surface area contributed by atoms with Crippen molar-refractivity contribution in [3.05, 3.63) is 111 Å². The van der Waals surface area contributed by atoms with Gasteiger partial charge in [-0.15, -0.1) is 0 Å². The Morgan fingerprint density at radius 2 is 1.54 bits per heavy atom. The molecule has 5 rings (SSSR count). The van der Waals surface area contributed by atoms with Crippen LogP contribution in [0.2, 0.25) is 0 Å². The zero-order valence-electron chi connectivity index (χ0n) is 19.6. The van der Waals surface area contributed by atoms with Gasteiger partial charge in [0, 0.05) is 26.1 Å². The van der Waals surface area contributed by atoms with Crippen molar-refractivity contribution in [3.8, 4) is 11.1 Å². The summed E-state index contributed by atoms with van der Waals surface area (Å²) < 4.78 is 7.10. The van der Waals surface area contributed by atoms with Crippen molar-refractivity contribution in [2.24, 2.45) is 0 Å². The smallest absolute Gasteiger partial charge is 0.337 e. The molecule has 0 aliphatic heterocycles. The van der Waals surface area contributed by atoms with Crippen LogP contribution in [0.4, 0.5) is 0 Å². The van der Waals surface area contributed by atoms with Gasteiger partial charge in [-0.25, -0.2) is 9.78 Å². The van der Waals surface area contributed by atoms with Crippen LogP contribution in [0.3, 0.4) is 0 Å². The van der Waals surface area contributed by atoms with E-state index < -0.39 is 5.97 Å². The Morgan fingerprint density at radius 3 is 2.32 bits per heavy atom. The van der Waals surface area contributed by atoms with Crippen molar-refractivity contribution in [2.45, 2.75) is 19.4 Å². The Kier molecular flexibility index (Phi) is 7.35. The van der Waals surface area contributed by atoms with E-state index in [1.807, 2.05) is 78.9 Å². The van der Waals surface area contributed by atoms with E-state index in [0.717, 1.165) is 31.2 Å². The topological polar surface area (TPSA) is 76.5 Å². The fourth-order valence-corrected chi connectivity index (χ4v) is 5.50. The van der Waals surface area contributed by atoms with Crippen molar-refractivity contribution in [3.63, 3.8) is 0 Å². The largest absolute Gasteiger partial charge is 0.478 e. The van der Waals surface area contributed by atoms with Gasteiger partial charge in [0.1, 0.15) is 6.61 Å². The molecule has 5 nitrogen and oxygen atoms in total. The van der Waals surface area contributed by atoms with E-state index in [2.05, 4.69) is 31.9 Å². The highest BCUT2D eigenvalue weighted by Crippen LogP contribution is 2.38. The van der Waals surface area contributed by atoms with E-state index >= 15 is 0 Å². The maximum Gasteiger partial charge on any atom is 0.337 e. The van der Waals surface area contributed by atoms with E-state index in [4.69, 9.17) is 9.72 Å². The number of hydrogen-bond acceptors (Lipinski definition) is 4. The molecule has 1 aromatic heterocycles. The number of carboxylic acids is 1. The number of ether oxygens (including phenoxy) is 1. The lowest BCUT2D eigenvalue weighted by molar-refractivity contribution is -0.144. The molecule has 0 unspecified atom stereocenters. The van der Waals surface area contributed by atoms with E-state index in [1.165, 1.54) is 0 Å². The summed E-state index contributed by atoms with van der Waals surface area (Å²) in [5.41, 5.74) is 5.26. The molecule has 1 N–H and O–H groups in total. The van der Waals surface area contributed by atoms with Gasteiger partial charge in [0.15, 0.2) is 0 Å². The van der Waals surface area contributed by atoms with E-state index in [-0.39, 0.29) is 24.6 Å². The summed E-state index contributed by atoms with van der Waals surface area (Å²) in [4.78, 5) is 29.1. The van der Waals surface area contributed by atoms with Gasteiger partial charge in [0.2, 0.25) is 0 Å². The number of carbonyl (C=O) groups excluding carboxylic acids is 1. The standard InChI is InChI=1S/C30H21Br2NO4/c31-28-19(12-15-26(34)37-17-18-6-2-1-3-7-18)10-13-21(29(28)32)20-11-14-23-25(16-20)33-24-9-5-4-8-22(24)27(23)30(35)36/h1-11,13-14,16H,12,15,17H2,(H,35,36). The number of aryl methyl sites for hydroxylation is 1. The fraction of sp³-hybridized carbons (Fsp3) is 0.100. The molecule has 0 spiro atoms. The van der Waals surface area contributed by atoms with Crippen molar-refractivity contribution in [1.82, 2.24) is 4.98 Å². The Bertz CT molecular complexity index is 1650. The monoisotopic (exact) mass is 617 g/mol. The third-order valence-electron chi connectivity index (χ3n) is 6.21. The van der Waals surface area contributed by atoms with Gasteiger partial charge < -0.3 is 9.84 Å². The van der Waals surface area contributed by atoms with Crippen LogP contribution in [0.5, 0.6) is 0 Å². The zero-order valence-corrected chi connectivity index (χ0v) is 22.8. The van der Waals surface area contributed by atoms with Crippen LogP contribution in [-0.2, 0) is 22.6 Å². The first-order valence-electron chi connectivity index (χ1n) is 11.6. The molecule has 5 aromatic rings. The molecule has 0 saturated carbocycles. The fourth-order valence-electron chi connectivity index (χ4n) is 4.34. The number of pyridine rings is 1. The molecule has 1 heterocycles. The number of carbonyl (C=O) groups is 2. The minimum atomic E-state index is -0.980. The summed E-state index contributed by atoms with van der Waals surface area (Å²) in [5, 5.41) is 11.1. The first kappa shape index (κ1) is 25.1. The predicted molar refractivity (Wildman–Crippen MR) is 152 cm³/mol. The number of rotatable bonds is 7. The van der Waals surface area contributed by atoms with Crippen molar-refractivity contribution in [2.75, 3.05) is 0 Å². The number of esters is 1. The van der Waals surface area contributed by atoms with Crippen LogP contribution in [0.1, 0.15) is 27.9 Å². The van der Waals surface area contributed by atoms with Crippen molar-refractivity contribution >= 4 is 65.6 Å². The molecule has 0 radical (unpaired) electrons. The number of fused-ring (bicyclic) bond motifs is 2. The summed E-state index contributed by atoms with van der Waals surface area (Å²) >= 11 is 7.37. The number of halogens is 2. The van der Waals surface area contributed by atoms with Crippen molar-refractivity contribution in [1.29, 1.82) is 0 Å². The number of hydrogen-bond donors (Lipinski definition) is 1. The number of aromatic nitrogens is 1. The molecule has 37 heavy (non-hydrogen) atoms. The molecular formula is C30H21Br2NO4. The Labute approximate surface area is 230 Å². The molecule has 0 fully saturated rings. The normalized spacial score (nSPS) is 11.1. The van der Waals surface area contributed by atoms with E-state index in [1.54, 1.807) is 6.07 Å². The minimum Gasteiger partial charge on any atom is -0.478 e. The summed E-state index contributed by atoms with van der Waals surface area (Å²) in [6.07, 6.45) is 0.794. The highest BCUT2D eigenvalue weighted by molar-refractivity contribution is 9.13. The predicted octanol–water partition coefficient (Wildman–Crippen LogP) is 7.95. The Balaban J connectivity index is 1.39. The highest BCUT2D eigenvalue weighted by atomic mass is 79.9. The molecule has 0 aliphatic carbocycles. The summed E-state index contributed by atoms with van der Waals surface area (Å²) in [6, 6.07) is 26.4. The maximum atomic E-state index is 12.3. The van der Waals surface area contributed by atoms with Gasteiger partial charge >= 0.3 is 11.9 Å². The first-order chi connectivity index (χ1) is 17.9. The van der Waals surface area contributed by atoms with Crippen LogP contribution in [0, 0.1) is 0 Å². The molecule has 184 valence electrons. The van der Waals surface area contributed by atoms with Crippen LogP contribution in [0.25, 0.3) is 32.9 Å². The second-order valence-electron chi connectivity index (χ2n) is 8.59. The van der Waals surface area contributed by atoms with Gasteiger partial charge in [-0.05, 0) is 72.7 Å². The van der Waals surface area contributed by atoms with Gasteiger partial charge in [0.25, 0.3) is 0 Å². The van der Waals surface area contributed by atoms with Gasteiger partial charge in [-0.3, -0.25) is 4.79 Å². The summed E-state index contributed by atoms with van der Waals surface area (Å²) in [6.45, 7) is 0.262. The lowest BCUT2D eigenvalue weighted by atomic mass is 9.97. The molecule has 7 heteroatoms. The number of carboxylic acid groups (broad SMARTS) is 1. The van der Waals surface area contributed by atoms with Gasteiger partial charge in [-0.2, -0.15) is 0 Å². The SMILES string of the molecule is O=C(CCc1ccc(-c2ccc3c(C(=O)O)c4ccccc4nc3c2)c(Br)c1Br)OCc1ccccc1. The molecule has 0 aliphatic rings. The van der Waals surface area contributed by atoms with Crippen LogP contribution in [-0.4, -0.2) is 22.0 Å². The van der Waals surface area contributed by atoms with E-state index in [9.17, 15) is 14.7 Å². The molecular weight excluding hydrogens is 598 g/mol. The number of nitrogens with zero attached hydrogens (tertiary/aromatic N) is 1. The third-order valence-corrected chi connectivity index (χ3v) is 8.47. The lowest BCUT2D eigenvalue weighted by Gasteiger charge is -2.13. The van der Waals surface area contributed by atoms with Gasteiger partial charge in [-0.1, -0.05) is 72.8 Å². The molecule has 0 saturated heterocycles. The first-order valence-corrected chi connectivity index (χ1v) is 13.2. The van der Waals surface area contributed by atoms with Crippen LogP contribution >= 0.6 is 31.9 Å². The lowest BCUT2D eigenvalue weighted by Crippen LogP contribution is -2.06. The van der Waals surface area contributed by atoms with Crippen LogP contribution < -0.4 is 0 Å². The molecule has 0 bridgehead atoms. The zero-order chi connectivity index (χ0) is 25.9. The number of benzene rings is 4. The second-order valence-corrected chi connectivity index (χ2v) is 10.2. The minimum absolute atomic E-state index is 0.252. The number of aromatic carboxylic acids is 1. The molecule has 4 aromatic carbocycles. The summed E-state index contributed by atoms with van der Waals surface area (Å²) in [7, 11) is 0. The summed E-state index contributed by atoms with van der Waals surface area (Å²) in [5.74, 6) is -1.23.